The van der Waals surface area contributed by atoms with E-state index in [2.05, 4.69) is 12.2 Å². The highest BCUT2D eigenvalue weighted by Crippen LogP contribution is 2.15. The Morgan fingerprint density at radius 2 is 1.95 bits per heavy atom. The molecule has 4 heteroatoms. The number of aliphatic hydroxyl groups is 1. The van der Waals surface area contributed by atoms with Gasteiger partial charge in [0, 0.05) is 19.8 Å². The number of rotatable bonds is 12. The Bertz CT molecular complexity index is 345. The van der Waals surface area contributed by atoms with Gasteiger partial charge in [-0.1, -0.05) is 37.3 Å². The Labute approximate surface area is 128 Å². The summed E-state index contributed by atoms with van der Waals surface area (Å²) in [7, 11) is 0. The van der Waals surface area contributed by atoms with Gasteiger partial charge in [0.15, 0.2) is 0 Å². The minimum Gasteiger partial charge on any atom is -0.389 e. The molecule has 0 bridgehead atoms. The summed E-state index contributed by atoms with van der Waals surface area (Å²) in [6.45, 7) is 7.46. The standard InChI is InChI=1S/C17H29NO3/c1-3-11-20-12-7-10-18-13-17(19)14-21-15(2)16-8-5-4-6-9-16/h4-6,8-9,15,17-19H,3,7,10-14H2,1-2H3. The van der Waals surface area contributed by atoms with Gasteiger partial charge in [0.05, 0.1) is 18.8 Å². The first kappa shape index (κ1) is 18.1. The largest absolute Gasteiger partial charge is 0.389 e. The number of nitrogens with one attached hydrogen (secondary N) is 1. The first-order chi connectivity index (χ1) is 10.2. The molecule has 21 heavy (non-hydrogen) atoms. The monoisotopic (exact) mass is 295 g/mol. The summed E-state index contributed by atoms with van der Waals surface area (Å²) in [5.74, 6) is 0. The van der Waals surface area contributed by atoms with Gasteiger partial charge in [-0.15, -0.1) is 0 Å². The highest BCUT2D eigenvalue weighted by Gasteiger charge is 2.09. The molecule has 0 fully saturated rings. The molecule has 0 aromatic heterocycles. The van der Waals surface area contributed by atoms with Crippen molar-refractivity contribution in [2.45, 2.75) is 38.9 Å². The predicted molar refractivity (Wildman–Crippen MR) is 85.4 cm³/mol. The van der Waals surface area contributed by atoms with Crippen LogP contribution in [0.15, 0.2) is 30.3 Å². The van der Waals surface area contributed by atoms with Crippen molar-refractivity contribution in [3.8, 4) is 0 Å². The molecular weight excluding hydrogens is 266 g/mol. The minimum absolute atomic E-state index is 0.00305. The lowest BCUT2D eigenvalue weighted by Gasteiger charge is -2.17. The van der Waals surface area contributed by atoms with Gasteiger partial charge >= 0.3 is 0 Å². The molecule has 120 valence electrons. The molecule has 1 aromatic carbocycles. The molecule has 0 aliphatic carbocycles. The zero-order chi connectivity index (χ0) is 15.3. The van der Waals surface area contributed by atoms with Crippen LogP contribution in [-0.2, 0) is 9.47 Å². The molecule has 0 saturated carbocycles. The van der Waals surface area contributed by atoms with E-state index < -0.39 is 6.10 Å². The van der Waals surface area contributed by atoms with E-state index in [4.69, 9.17) is 9.47 Å². The smallest absolute Gasteiger partial charge is 0.0897 e. The number of aliphatic hydroxyl groups excluding tert-OH is 1. The van der Waals surface area contributed by atoms with E-state index in [1.165, 1.54) is 0 Å². The molecule has 0 heterocycles. The second-order valence-electron chi connectivity index (χ2n) is 5.21. The third kappa shape index (κ3) is 8.83. The van der Waals surface area contributed by atoms with Crippen LogP contribution in [0.4, 0.5) is 0 Å². The van der Waals surface area contributed by atoms with Crippen LogP contribution in [0.5, 0.6) is 0 Å². The number of hydrogen-bond donors (Lipinski definition) is 2. The molecule has 0 aliphatic rings. The van der Waals surface area contributed by atoms with Gasteiger partial charge in [0.1, 0.15) is 0 Å². The second-order valence-corrected chi connectivity index (χ2v) is 5.21. The van der Waals surface area contributed by atoms with Gasteiger partial charge in [-0.05, 0) is 31.9 Å². The van der Waals surface area contributed by atoms with Crippen molar-refractivity contribution in [2.75, 3.05) is 32.9 Å². The van der Waals surface area contributed by atoms with Gasteiger partial charge < -0.3 is 19.9 Å². The fourth-order valence-electron chi connectivity index (χ4n) is 1.95. The third-order valence-electron chi connectivity index (χ3n) is 3.18. The number of hydrogen-bond acceptors (Lipinski definition) is 4. The van der Waals surface area contributed by atoms with Gasteiger partial charge in [-0.3, -0.25) is 0 Å². The van der Waals surface area contributed by atoms with E-state index in [9.17, 15) is 5.11 Å². The zero-order valence-electron chi connectivity index (χ0n) is 13.3. The van der Waals surface area contributed by atoms with E-state index in [0.717, 1.165) is 38.2 Å². The summed E-state index contributed by atoms with van der Waals surface area (Å²) in [4.78, 5) is 0. The van der Waals surface area contributed by atoms with E-state index in [-0.39, 0.29) is 6.10 Å². The van der Waals surface area contributed by atoms with Crippen molar-refractivity contribution in [2.24, 2.45) is 0 Å². The van der Waals surface area contributed by atoms with Gasteiger partial charge in [0.2, 0.25) is 0 Å². The van der Waals surface area contributed by atoms with Crippen LogP contribution in [0.3, 0.4) is 0 Å². The van der Waals surface area contributed by atoms with Crippen LogP contribution < -0.4 is 5.32 Å². The quantitative estimate of drug-likeness (QED) is 0.582. The normalized spacial score (nSPS) is 14.0. The average Bonchev–Trinajstić information content (AvgIpc) is 2.52. The lowest BCUT2D eigenvalue weighted by Crippen LogP contribution is -2.31. The van der Waals surface area contributed by atoms with E-state index in [1.54, 1.807) is 0 Å². The first-order valence-electron chi connectivity index (χ1n) is 7.87. The van der Waals surface area contributed by atoms with Crippen LogP contribution in [0, 0.1) is 0 Å². The van der Waals surface area contributed by atoms with Gasteiger partial charge in [-0.25, -0.2) is 0 Å². The first-order valence-corrected chi connectivity index (χ1v) is 7.87. The van der Waals surface area contributed by atoms with Crippen LogP contribution >= 0.6 is 0 Å². The summed E-state index contributed by atoms with van der Waals surface area (Å²) in [5, 5.41) is 13.1. The van der Waals surface area contributed by atoms with Gasteiger partial charge in [-0.2, -0.15) is 0 Å². The summed E-state index contributed by atoms with van der Waals surface area (Å²) in [6.07, 6.45) is 1.55. The summed E-state index contributed by atoms with van der Waals surface area (Å²) < 4.78 is 11.1. The van der Waals surface area contributed by atoms with Crippen LogP contribution in [0.25, 0.3) is 0 Å². The Balaban J connectivity index is 2.02. The van der Waals surface area contributed by atoms with Crippen LogP contribution in [0.2, 0.25) is 0 Å². The van der Waals surface area contributed by atoms with Crippen molar-refractivity contribution in [3.63, 3.8) is 0 Å². The minimum atomic E-state index is -0.479. The van der Waals surface area contributed by atoms with Crippen molar-refractivity contribution >= 4 is 0 Å². The molecule has 0 aliphatic heterocycles. The maximum atomic E-state index is 9.87. The molecule has 0 saturated heterocycles. The molecule has 0 amide bonds. The lowest BCUT2D eigenvalue weighted by molar-refractivity contribution is -0.00212. The summed E-state index contributed by atoms with van der Waals surface area (Å²) in [5.41, 5.74) is 1.13. The molecule has 0 spiro atoms. The summed E-state index contributed by atoms with van der Waals surface area (Å²) in [6, 6.07) is 10.0. The molecule has 2 atom stereocenters. The van der Waals surface area contributed by atoms with Crippen LogP contribution in [0.1, 0.15) is 38.4 Å². The molecule has 0 radical (unpaired) electrons. The van der Waals surface area contributed by atoms with Crippen molar-refractivity contribution in [3.05, 3.63) is 35.9 Å². The Morgan fingerprint density at radius 3 is 2.67 bits per heavy atom. The molecule has 1 aromatic rings. The molecule has 2 unspecified atom stereocenters. The molecule has 2 N–H and O–H groups in total. The third-order valence-corrected chi connectivity index (χ3v) is 3.18. The Kier molecular flexibility index (Phi) is 10.1. The SMILES string of the molecule is CCCOCCCNCC(O)COC(C)c1ccccc1. The molecular formula is C17H29NO3. The molecule has 4 nitrogen and oxygen atoms in total. The highest BCUT2D eigenvalue weighted by atomic mass is 16.5. The Morgan fingerprint density at radius 1 is 1.19 bits per heavy atom. The zero-order valence-corrected chi connectivity index (χ0v) is 13.3. The highest BCUT2D eigenvalue weighted by molar-refractivity contribution is 5.16. The van der Waals surface area contributed by atoms with Crippen molar-refractivity contribution in [1.29, 1.82) is 0 Å². The van der Waals surface area contributed by atoms with Crippen LogP contribution in [-0.4, -0.2) is 44.1 Å². The fourth-order valence-corrected chi connectivity index (χ4v) is 1.95. The number of benzene rings is 1. The maximum absolute atomic E-state index is 9.87. The molecule has 1 rings (SSSR count). The number of ether oxygens (including phenoxy) is 2. The second kappa shape index (κ2) is 11.7. The fraction of sp³-hybridized carbons (Fsp3) is 0.647. The van der Waals surface area contributed by atoms with E-state index >= 15 is 0 Å². The maximum Gasteiger partial charge on any atom is 0.0897 e. The Hall–Kier alpha value is -0.940. The van der Waals surface area contributed by atoms with E-state index in [0.29, 0.717) is 13.2 Å². The van der Waals surface area contributed by atoms with E-state index in [1.807, 2.05) is 37.3 Å². The summed E-state index contributed by atoms with van der Waals surface area (Å²) >= 11 is 0. The van der Waals surface area contributed by atoms with Crippen molar-refractivity contribution < 1.29 is 14.6 Å². The lowest BCUT2D eigenvalue weighted by atomic mass is 10.1. The van der Waals surface area contributed by atoms with Crippen molar-refractivity contribution in [1.82, 2.24) is 5.32 Å². The topological polar surface area (TPSA) is 50.7 Å². The predicted octanol–water partition coefficient (Wildman–Crippen LogP) is 2.53. The average molecular weight is 295 g/mol. The van der Waals surface area contributed by atoms with Gasteiger partial charge in [0.25, 0.3) is 0 Å².